The quantitative estimate of drug-likeness (QED) is 0.0333. The molecule has 0 bridgehead atoms. The number of carbonyl (C=O) groups excluding carboxylic acids is 4. The van der Waals surface area contributed by atoms with Gasteiger partial charge in [-0.25, -0.2) is 9.59 Å². The zero-order valence-corrected chi connectivity index (χ0v) is 39.3. The summed E-state index contributed by atoms with van der Waals surface area (Å²) in [7, 11) is -3.04. The summed E-state index contributed by atoms with van der Waals surface area (Å²) in [5.74, 6) is -1.36. The van der Waals surface area contributed by atoms with Crippen LogP contribution in [-0.4, -0.2) is 68.8 Å². The number of nitrogens with zero attached hydrogens (tertiary/aromatic N) is 1. The molecule has 67 heavy (non-hydrogen) atoms. The number of ether oxygens (including phenoxy) is 3. The number of amides is 2. The Labute approximate surface area is 395 Å². The molecule has 5 atom stereocenters. The van der Waals surface area contributed by atoms with E-state index in [2.05, 4.69) is 15.8 Å². The molecule has 3 N–H and O–H groups in total. The van der Waals surface area contributed by atoms with Gasteiger partial charge in [0, 0.05) is 48.1 Å². The Morgan fingerprint density at radius 1 is 0.731 bits per heavy atom. The molecule has 1 aromatic heterocycles. The van der Waals surface area contributed by atoms with E-state index >= 15 is 0 Å². The van der Waals surface area contributed by atoms with Gasteiger partial charge in [-0.2, -0.15) is 4.89 Å². The molecule has 0 spiro atoms. The largest absolute Gasteiger partial charge is 0.510 e. The molecule has 6 aromatic rings. The molecular weight excluding hydrogens is 890 g/mol. The van der Waals surface area contributed by atoms with Crippen molar-refractivity contribution in [2.24, 2.45) is 5.92 Å². The summed E-state index contributed by atoms with van der Waals surface area (Å²) in [6.07, 6.45) is -0.959. The topological polar surface area (TPSA) is 183 Å². The lowest BCUT2D eigenvalue weighted by Gasteiger charge is -2.25. The second kappa shape index (κ2) is 24.8. The van der Waals surface area contributed by atoms with Gasteiger partial charge in [-0.15, -0.1) is 0 Å². The third-order valence-corrected chi connectivity index (χ3v) is 12.5. The standard InChI is InChI=1S/C52H54N3O10PS/c1-52(2,3)64-42-26-24-37(25-27-42)31-46(49(57)62-28-29-67-50(58)40-22-14-7-15-23-40)53-48(56)41(32-43-34-44(55-65-43)39-20-12-6-13-21-39)33-47(66(60)61)45(30-36-16-8-4-9-17-36)54-51(59)63-35-38-18-10-5-11-19-38/h4-27,34,41,45-47H,28-33,35H2,1-3H3,(H2-,53,54,56,59,60,61)/p+1/t41?,45-,46?,47?/m1/s1. The van der Waals surface area contributed by atoms with E-state index < -0.39 is 55.3 Å². The fraction of sp³-hybridized carbons (Fsp3) is 0.288. The van der Waals surface area contributed by atoms with Crippen molar-refractivity contribution in [3.63, 3.8) is 0 Å². The minimum absolute atomic E-state index is 0.0206. The molecule has 0 aliphatic heterocycles. The molecule has 15 heteroatoms. The Morgan fingerprint density at radius 2 is 1.33 bits per heavy atom. The second-order valence-corrected chi connectivity index (χ2v) is 19.2. The lowest BCUT2D eigenvalue weighted by molar-refractivity contribution is -0.147. The molecule has 0 aliphatic rings. The summed E-state index contributed by atoms with van der Waals surface area (Å²) in [5, 5.41) is 9.78. The van der Waals surface area contributed by atoms with Crippen molar-refractivity contribution < 1.29 is 47.4 Å². The summed E-state index contributed by atoms with van der Waals surface area (Å²) in [4.78, 5) is 66.0. The van der Waals surface area contributed by atoms with Gasteiger partial charge in [0.1, 0.15) is 42.1 Å². The highest BCUT2D eigenvalue weighted by Gasteiger charge is 2.43. The fourth-order valence-corrected chi connectivity index (χ4v) is 8.83. The average molecular weight is 945 g/mol. The molecule has 0 radical (unpaired) electrons. The van der Waals surface area contributed by atoms with Gasteiger partial charge in [0.2, 0.25) is 16.7 Å². The maximum atomic E-state index is 14.8. The van der Waals surface area contributed by atoms with Crippen LogP contribution in [0.15, 0.2) is 156 Å². The number of rotatable bonds is 22. The van der Waals surface area contributed by atoms with Gasteiger partial charge < -0.3 is 29.4 Å². The lowest BCUT2D eigenvalue weighted by Crippen LogP contribution is -2.49. The summed E-state index contributed by atoms with van der Waals surface area (Å²) in [6, 6.07) is 43.0. The molecular formula is C52H55N3O10PS+. The Morgan fingerprint density at radius 3 is 1.96 bits per heavy atom. The maximum absolute atomic E-state index is 14.8. The summed E-state index contributed by atoms with van der Waals surface area (Å²) < 4.78 is 36.5. The van der Waals surface area contributed by atoms with Gasteiger partial charge in [0.25, 0.3) is 0 Å². The SMILES string of the molecule is CC(C)(C)Oc1ccc(CC(NC(=O)C(Cc2cc(-c3ccccc3)no2)CC([C@@H](Cc2ccccc2)NC(=O)OCc2ccccc2)[P+](=O)O)C(=O)OCCSC(=O)c2ccccc2)cc1. The molecule has 13 nitrogen and oxygen atoms in total. The second-order valence-electron chi connectivity index (χ2n) is 16.8. The van der Waals surface area contributed by atoms with E-state index in [1.54, 1.807) is 54.6 Å². The van der Waals surface area contributed by atoms with E-state index in [-0.39, 0.29) is 49.8 Å². The number of thioether (sulfide) groups is 1. The van der Waals surface area contributed by atoms with Gasteiger partial charge in [-0.05, 0) is 60.6 Å². The van der Waals surface area contributed by atoms with E-state index in [0.717, 1.165) is 28.5 Å². The third-order valence-electron chi connectivity index (χ3n) is 10.5. The minimum atomic E-state index is -3.04. The molecule has 5 aromatic carbocycles. The predicted molar refractivity (Wildman–Crippen MR) is 258 cm³/mol. The van der Waals surface area contributed by atoms with Crippen LogP contribution in [-0.2, 0) is 49.5 Å². The minimum Gasteiger partial charge on any atom is -0.488 e. The van der Waals surface area contributed by atoms with Crippen molar-refractivity contribution in [2.75, 3.05) is 12.4 Å². The molecule has 4 unspecified atom stereocenters. The first-order chi connectivity index (χ1) is 32.3. The Bertz CT molecular complexity index is 2520. The van der Waals surface area contributed by atoms with Crippen LogP contribution in [0, 0.1) is 5.92 Å². The van der Waals surface area contributed by atoms with E-state index in [9.17, 15) is 28.6 Å². The van der Waals surface area contributed by atoms with Crippen LogP contribution in [0.25, 0.3) is 11.3 Å². The van der Waals surface area contributed by atoms with Crippen LogP contribution in [0.1, 0.15) is 60.0 Å². The van der Waals surface area contributed by atoms with Crippen molar-refractivity contribution in [1.29, 1.82) is 0 Å². The predicted octanol–water partition coefficient (Wildman–Crippen LogP) is 9.55. The maximum Gasteiger partial charge on any atom is 0.510 e. The molecule has 0 saturated heterocycles. The van der Waals surface area contributed by atoms with Crippen LogP contribution in [0.5, 0.6) is 5.75 Å². The lowest BCUT2D eigenvalue weighted by atomic mass is 9.91. The van der Waals surface area contributed by atoms with Crippen molar-refractivity contribution >= 4 is 42.9 Å². The number of esters is 1. The Kier molecular flexibility index (Phi) is 18.4. The number of benzene rings is 5. The molecule has 0 fully saturated rings. The van der Waals surface area contributed by atoms with Crippen LogP contribution in [0.2, 0.25) is 0 Å². The van der Waals surface area contributed by atoms with Crippen molar-refractivity contribution in [3.05, 3.63) is 180 Å². The molecule has 1 heterocycles. The summed E-state index contributed by atoms with van der Waals surface area (Å²) in [5.41, 5.74) is 2.39. The highest BCUT2D eigenvalue weighted by atomic mass is 32.2. The number of alkyl carbamates (subject to hydrolysis) is 1. The Hall–Kier alpha value is -6.60. The smallest absolute Gasteiger partial charge is 0.488 e. The van der Waals surface area contributed by atoms with E-state index in [1.807, 2.05) is 118 Å². The Balaban J connectivity index is 1.27. The highest BCUT2D eigenvalue weighted by molar-refractivity contribution is 8.14. The zero-order chi connectivity index (χ0) is 47.6. The van der Waals surface area contributed by atoms with E-state index in [0.29, 0.717) is 28.3 Å². The van der Waals surface area contributed by atoms with Gasteiger partial charge in [0.15, 0.2) is 0 Å². The molecule has 0 aliphatic carbocycles. The number of carbonyl (C=O) groups is 4. The normalized spacial score (nSPS) is 13.3. The monoisotopic (exact) mass is 944 g/mol. The third kappa shape index (κ3) is 16.4. The number of hydrogen-bond donors (Lipinski definition) is 3. The first-order valence-corrected chi connectivity index (χ1v) is 24.2. The summed E-state index contributed by atoms with van der Waals surface area (Å²) >= 11 is 1.01. The van der Waals surface area contributed by atoms with E-state index in [1.165, 1.54) is 0 Å². The van der Waals surface area contributed by atoms with Gasteiger partial charge in [0.05, 0.1) is 6.04 Å². The molecule has 2 amide bonds. The number of aromatic nitrogens is 1. The van der Waals surface area contributed by atoms with Gasteiger partial charge in [-0.1, -0.05) is 150 Å². The van der Waals surface area contributed by atoms with Crippen LogP contribution in [0.3, 0.4) is 0 Å². The molecule has 6 rings (SSSR count). The number of nitrogens with one attached hydrogen (secondary N) is 2. The number of hydrogen-bond acceptors (Lipinski definition) is 11. The van der Waals surface area contributed by atoms with Crippen molar-refractivity contribution in [1.82, 2.24) is 15.8 Å². The van der Waals surface area contributed by atoms with Gasteiger partial charge in [-0.3, -0.25) is 9.59 Å². The molecule has 0 saturated carbocycles. The highest BCUT2D eigenvalue weighted by Crippen LogP contribution is 2.35. The first-order valence-electron chi connectivity index (χ1n) is 21.9. The van der Waals surface area contributed by atoms with Crippen LogP contribution in [0.4, 0.5) is 4.79 Å². The molecule has 348 valence electrons. The summed E-state index contributed by atoms with van der Waals surface area (Å²) in [6.45, 7) is 5.65. The van der Waals surface area contributed by atoms with Crippen LogP contribution >= 0.6 is 19.8 Å². The van der Waals surface area contributed by atoms with Crippen molar-refractivity contribution in [3.8, 4) is 17.0 Å². The average Bonchev–Trinajstić information content (AvgIpc) is 3.80. The first kappa shape index (κ1) is 49.8. The van der Waals surface area contributed by atoms with E-state index in [4.69, 9.17) is 18.7 Å². The van der Waals surface area contributed by atoms with Gasteiger partial charge >= 0.3 is 20.1 Å². The fourth-order valence-electron chi connectivity index (χ4n) is 7.25. The zero-order valence-electron chi connectivity index (χ0n) is 37.6. The van der Waals surface area contributed by atoms with Crippen molar-refractivity contribution in [2.45, 2.75) is 76.4 Å². The van der Waals surface area contributed by atoms with Crippen LogP contribution < -0.4 is 15.4 Å².